The van der Waals surface area contributed by atoms with Gasteiger partial charge in [0.25, 0.3) is 0 Å². The molecule has 0 spiro atoms. The number of imidazole rings is 1. The first kappa shape index (κ1) is 14.1. The van der Waals surface area contributed by atoms with Crippen molar-refractivity contribution in [2.45, 2.75) is 12.6 Å². The number of hydrogen-bond donors (Lipinski definition) is 1. The van der Waals surface area contributed by atoms with E-state index >= 15 is 0 Å². The molecule has 2 aromatic heterocycles. The van der Waals surface area contributed by atoms with E-state index in [0.29, 0.717) is 0 Å². The van der Waals surface area contributed by atoms with Crippen LogP contribution in [0.2, 0.25) is 0 Å². The monoisotopic (exact) mass is 345 g/mol. The van der Waals surface area contributed by atoms with E-state index in [1.807, 2.05) is 48.1 Å². The maximum Gasteiger partial charge on any atom is 0.133 e. The third-order valence-corrected chi connectivity index (χ3v) is 4.17. The molecule has 0 aliphatic heterocycles. The van der Waals surface area contributed by atoms with E-state index in [-0.39, 0.29) is 6.04 Å². The van der Waals surface area contributed by atoms with Gasteiger partial charge in [-0.2, -0.15) is 0 Å². The van der Waals surface area contributed by atoms with Crippen LogP contribution in [-0.4, -0.2) is 9.55 Å². The third-order valence-electron chi connectivity index (χ3n) is 3.40. The summed E-state index contributed by atoms with van der Waals surface area (Å²) in [6.07, 6.45) is 5.42. The van der Waals surface area contributed by atoms with E-state index < -0.39 is 0 Å². The molecule has 0 saturated carbocycles. The second kappa shape index (κ2) is 6.28. The number of nitrogens with zero attached hydrogens (tertiary/aromatic N) is 2. The molecule has 1 N–H and O–H groups in total. The maximum atomic E-state index is 5.57. The Labute approximate surface area is 131 Å². The largest absolute Gasteiger partial charge is 0.467 e. The van der Waals surface area contributed by atoms with Gasteiger partial charge in [-0.1, -0.05) is 34.1 Å². The molecule has 1 atom stereocenters. The number of rotatable bonds is 5. The fraction of sp³-hybridized carbons (Fsp3) is 0.188. The van der Waals surface area contributed by atoms with E-state index in [9.17, 15) is 0 Å². The molecular formula is C16H16BrN3O. The van der Waals surface area contributed by atoms with Gasteiger partial charge in [-0.3, -0.25) is 5.32 Å². The van der Waals surface area contributed by atoms with Crippen molar-refractivity contribution < 1.29 is 4.42 Å². The lowest BCUT2D eigenvalue weighted by Crippen LogP contribution is -2.24. The van der Waals surface area contributed by atoms with Crippen LogP contribution in [-0.2, 0) is 13.6 Å². The van der Waals surface area contributed by atoms with Gasteiger partial charge in [0.2, 0.25) is 0 Å². The van der Waals surface area contributed by atoms with Crippen LogP contribution in [0, 0.1) is 0 Å². The van der Waals surface area contributed by atoms with Crippen LogP contribution in [0.3, 0.4) is 0 Å². The Hall–Kier alpha value is -1.85. The normalized spacial score (nSPS) is 12.5. The van der Waals surface area contributed by atoms with Crippen LogP contribution < -0.4 is 5.32 Å². The second-order valence-corrected chi connectivity index (χ2v) is 5.67. The lowest BCUT2D eigenvalue weighted by molar-refractivity contribution is 0.429. The summed E-state index contributed by atoms with van der Waals surface area (Å²) in [5.74, 6) is 1.79. The van der Waals surface area contributed by atoms with Gasteiger partial charge in [0.05, 0.1) is 6.26 Å². The first-order valence-electron chi connectivity index (χ1n) is 6.73. The zero-order valence-electron chi connectivity index (χ0n) is 11.7. The molecule has 0 aliphatic carbocycles. The Balaban J connectivity index is 1.84. The number of hydrogen-bond acceptors (Lipinski definition) is 3. The third kappa shape index (κ3) is 3.09. The van der Waals surface area contributed by atoms with Gasteiger partial charge in [-0.05, 0) is 23.8 Å². The summed E-state index contributed by atoms with van der Waals surface area (Å²) in [6, 6.07) is 12.0. The fourth-order valence-corrected chi connectivity index (χ4v) is 2.71. The van der Waals surface area contributed by atoms with E-state index in [1.54, 1.807) is 12.5 Å². The molecule has 0 radical (unpaired) electrons. The van der Waals surface area contributed by atoms with Crippen molar-refractivity contribution in [3.05, 3.63) is 76.7 Å². The Morgan fingerprint density at radius 2 is 2.14 bits per heavy atom. The van der Waals surface area contributed by atoms with Crippen molar-refractivity contribution in [1.82, 2.24) is 14.9 Å². The summed E-state index contributed by atoms with van der Waals surface area (Å²) in [6.45, 7) is 0.722. The molecule has 0 amide bonds. The highest BCUT2D eigenvalue weighted by Gasteiger charge is 2.20. The smallest absolute Gasteiger partial charge is 0.133 e. The quantitative estimate of drug-likeness (QED) is 0.767. The van der Waals surface area contributed by atoms with E-state index in [1.165, 1.54) is 5.56 Å². The molecule has 3 aromatic rings. The number of aryl methyl sites for hydroxylation is 1. The zero-order valence-corrected chi connectivity index (χ0v) is 13.2. The van der Waals surface area contributed by atoms with Crippen LogP contribution >= 0.6 is 15.9 Å². The molecule has 0 fully saturated rings. The molecule has 1 aromatic carbocycles. The van der Waals surface area contributed by atoms with Crippen molar-refractivity contribution in [2.75, 3.05) is 0 Å². The van der Waals surface area contributed by atoms with Crippen LogP contribution in [0.4, 0.5) is 0 Å². The Morgan fingerprint density at radius 1 is 1.29 bits per heavy atom. The maximum absolute atomic E-state index is 5.57. The number of aromatic nitrogens is 2. The summed E-state index contributed by atoms with van der Waals surface area (Å²) < 4.78 is 8.66. The van der Waals surface area contributed by atoms with Crippen molar-refractivity contribution >= 4 is 15.9 Å². The Morgan fingerprint density at radius 3 is 2.81 bits per heavy atom. The molecule has 21 heavy (non-hydrogen) atoms. The van der Waals surface area contributed by atoms with Gasteiger partial charge < -0.3 is 8.98 Å². The minimum Gasteiger partial charge on any atom is -0.467 e. The van der Waals surface area contributed by atoms with Crippen LogP contribution in [0.1, 0.15) is 23.2 Å². The molecular weight excluding hydrogens is 330 g/mol. The lowest BCUT2D eigenvalue weighted by atomic mass is 10.1. The molecule has 4 nitrogen and oxygen atoms in total. The second-order valence-electron chi connectivity index (χ2n) is 4.82. The van der Waals surface area contributed by atoms with Gasteiger partial charge in [0.1, 0.15) is 17.6 Å². The fourth-order valence-electron chi connectivity index (χ4n) is 2.28. The van der Waals surface area contributed by atoms with E-state index in [2.05, 4.69) is 32.3 Å². The summed E-state index contributed by atoms with van der Waals surface area (Å²) in [4.78, 5) is 4.44. The van der Waals surface area contributed by atoms with Gasteiger partial charge in [0, 0.05) is 30.5 Å². The summed E-state index contributed by atoms with van der Waals surface area (Å²) in [5, 5.41) is 3.52. The van der Waals surface area contributed by atoms with Crippen LogP contribution in [0.15, 0.2) is 63.9 Å². The summed E-state index contributed by atoms with van der Waals surface area (Å²) in [5.41, 5.74) is 1.20. The SMILES string of the molecule is Cn1ccnc1C(NCc1ccccc1Br)c1ccco1. The molecule has 0 aliphatic rings. The number of nitrogens with one attached hydrogen (secondary N) is 1. The first-order chi connectivity index (χ1) is 10.3. The predicted octanol–water partition coefficient (Wildman–Crippen LogP) is 3.65. The molecule has 2 heterocycles. The topological polar surface area (TPSA) is 43.0 Å². The lowest BCUT2D eigenvalue weighted by Gasteiger charge is -2.17. The average Bonchev–Trinajstić information content (AvgIpc) is 3.14. The number of benzene rings is 1. The zero-order chi connectivity index (χ0) is 14.7. The van der Waals surface area contributed by atoms with Crippen LogP contribution in [0.5, 0.6) is 0 Å². The van der Waals surface area contributed by atoms with E-state index in [0.717, 1.165) is 22.6 Å². The minimum atomic E-state index is -0.0768. The van der Waals surface area contributed by atoms with E-state index in [4.69, 9.17) is 4.42 Å². The Kier molecular flexibility index (Phi) is 4.22. The van der Waals surface area contributed by atoms with Crippen LogP contribution in [0.25, 0.3) is 0 Å². The van der Waals surface area contributed by atoms with Gasteiger partial charge >= 0.3 is 0 Å². The molecule has 0 bridgehead atoms. The van der Waals surface area contributed by atoms with Crippen molar-refractivity contribution in [1.29, 1.82) is 0 Å². The average molecular weight is 346 g/mol. The summed E-state index contributed by atoms with van der Waals surface area (Å²) in [7, 11) is 1.98. The highest BCUT2D eigenvalue weighted by atomic mass is 79.9. The van der Waals surface area contributed by atoms with Crippen molar-refractivity contribution in [3.8, 4) is 0 Å². The molecule has 3 rings (SSSR count). The van der Waals surface area contributed by atoms with Gasteiger partial charge in [0.15, 0.2) is 0 Å². The summed E-state index contributed by atoms with van der Waals surface area (Å²) >= 11 is 3.57. The Bertz CT molecular complexity index is 706. The van der Waals surface area contributed by atoms with Gasteiger partial charge in [-0.15, -0.1) is 0 Å². The minimum absolute atomic E-state index is 0.0768. The molecule has 108 valence electrons. The van der Waals surface area contributed by atoms with Crippen molar-refractivity contribution in [2.24, 2.45) is 7.05 Å². The molecule has 1 unspecified atom stereocenters. The standard InChI is InChI=1S/C16H16BrN3O/c1-20-9-8-18-16(20)15(14-7-4-10-21-14)19-11-12-5-2-3-6-13(12)17/h2-10,15,19H,11H2,1H3. The van der Waals surface area contributed by atoms with Crippen molar-refractivity contribution in [3.63, 3.8) is 0 Å². The highest BCUT2D eigenvalue weighted by Crippen LogP contribution is 2.23. The number of halogens is 1. The predicted molar refractivity (Wildman–Crippen MR) is 84.7 cm³/mol. The first-order valence-corrected chi connectivity index (χ1v) is 7.52. The highest BCUT2D eigenvalue weighted by molar-refractivity contribution is 9.10. The number of furan rings is 1. The van der Waals surface area contributed by atoms with Gasteiger partial charge in [-0.25, -0.2) is 4.98 Å². The molecule has 5 heteroatoms. The molecule has 0 saturated heterocycles.